The van der Waals surface area contributed by atoms with Crippen LogP contribution in [0, 0.1) is 5.92 Å². The summed E-state index contributed by atoms with van der Waals surface area (Å²) in [6, 6.07) is 12.0. The Hall–Kier alpha value is -3.08. The van der Waals surface area contributed by atoms with Gasteiger partial charge >= 0.3 is 11.9 Å². The summed E-state index contributed by atoms with van der Waals surface area (Å²) in [5.41, 5.74) is 3.16. The number of carboxylic acid groups (broad SMARTS) is 2. The highest BCUT2D eigenvalue weighted by Gasteiger charge is 2.39. The normalized spacial score (nSPS) is 23.4. The number of aromatic carboxylic acids is 2. The molecule has 4 rings (SSSR count). The Morgan fingerprint density at radius 1 is 1.00 bits per heavy atom. The highest BCUT2D eigenvalue weighted by atomic mass is 16.4. The lowest BCUT2D eigenvalue weighted by Crippen LogP contribution is -2.30. The maximum absolute atomic E-state index is 11.6. The molecule has 0 bridgehead atoms. The van der Waals surface area contributed by atoms with Crippen molar-refractivity contribution in [3.8, 4) is 0 Å². The minimum atomic E-state index is -0.945. The van der Waals surface area contributed by atoms with Crippen molar-refractivity contribution < 1.29 is 19.8 Å². The SMILES string of the molecule is O=C(O)c1ccc2c(c1)[C@@H]1C=CC[C@H]1[C@H](c1ccccc1C(=O)O)N2. The molecular weight excluding hydrogens is 318 g/mol. The first-order chi connectivity index (χ1) is 12.1. The molecule has 2 aliphatic rings. The van der Waals surface area contributed by atoms with E-state index in [1.54, 1.807) is 30.3 Å². The molecule has 0 aromatic heterocycles. The first kappa shape index (κ1) is 15.4. The summed E-state index contributed by atoms with van der Waals surface area (Å²) >= 11 is 0. The zero-order valence-electron chi connectivity index (χ0n) is 13.3. The van der Waals surface area contributed by atoms with Crippen LogP contribution in [0.5, 0.6) is 0 Å². The predicted octanol–water partition coefficient (Wildman–Crippen LogP) is 3.91. The van der Waals surface area contributed by atoms with Crippen LogP contribution < -0.4 is 5.32 Å². The summed E-state index contributed by atoms with van der Waals surface area (Å²) in [5.74, 6) is -1.63. The monoisotopic (exact) mass is 335 g/mol. The quantitative estimate of drug-likeness (QED) is 0.740. The van der Waals surface area contributed by atoms with E-state index in [-0.39, 0.29) is 23.4 Å². The number of anilines is 1. The van der Waals surface area contributed by atoms with E-state index in [4.69, 9.17) is 0 Å². The summed E-state index contributed by atoms with van der Waals surface area (Å²) < 4.78 is 0. The minimum absolute atomic E-state index is 0.0856. The van der Waals surface area contributed by atoms with Crippen LogP contribution in [0.15, 0.2) is 54.6 Å². The minimum Gasteiger partial charge on any atom is -0.478 e. The van der Waals surface area contributed by atoms with Gasteiger partial charge in [-0.1, -0.05) is 30.4 Å². The van der Waals surface area contributed by atoms with E-state index >= 15 is 0 Å². The van der Waals surface area contributed by atoms with Crippen molar-refractivity contribution in [3.05, 3.63) is 76.9 Å². The van der Waals surface area contributed by atoms with E-state index in [0.717, 1.165) is 23.2 Å². The van der Waals surface area contributed by atoms with E-state index in [2.05, 4.69) is 17.5 Å². The molecule has 0 unspecified atom stereocenters. The van der Waals surface area contributed by atoms with E-state index in [9.17, 15) is 19.8 Å². The van der Waals surface area contributed by atoms with E-state index < -0.39 is 11.9 Å². The lowest BCUT2D eigenvalue weighted by molar-refractivity contribution is 0.0684. The molecule has 0 fully saturated rings. The van der Waals surface area contributed by atoms with Crippen molar-refractivity contribution in [1.82, 2.24) is 0 Å². The Kier molecular flexibility index (Phi) is 3.57. The van der Waals surface area contributed by atoms with Crippen LogP contribution in [-0.2, 0) is 0 Å². The summed E-state index contributed by atoms with van der Waals surface area (Å²) in [7, 11) is 0. The molecule has 5 heteroatoms. The largest absolute Gasteiger partial charge is 0.478 e. The highest BCUT2D eigenvalue weighted by Crippen LogP contribution is 2.50. The van der Waals surface area contributed by atoms with Gasteiger partial charge in [0.2, 0.25) is 0 Å². The van der Waals surface area contributed by atoms with Crippen molar-refractivity contribution in [2.24, 2.45) is 5.92 Å². The average molecular weight is 335 g/mol. The Bertz CT molecular complexity index is 902. The van der Waals surface area contributed by atoms with Crippen molar-refractivity contribution in [2.45, 2.75) is 18.4 Å². The van der Waals surface area contributed by atoms with Crippen LogP contribution in [0.25, 0.3) is 0 Å². The molecule has 1 aliphatic heterocycles. The number of nitrogens with one attached hydrogen (secondary N) is 1. The zero-order chi connectivity index (χ0) is 17.6. The van der Waals surface area contributed by atoms with Crippen molar-refractivity contribution in [3.63, 3.8) is 0 Å². The maximum atomic E-state index is 11.6. The number of hydrogen-bond acceptors (Lipinski definition) is 3. The summed E-state index contributed by atoms with van der Waals surface area (Å²) in [6.07, 6.45) is 5.02. The topological polar surface area (TPSA) is 86.6 Å². The summed E-state index contributed by atoms with van der Waals surface area (Å²) in [4.78, 5) is 22.9. The number of rotatable bonds is 3. The molecule has 5 nitrogen and oxygen atoms in total. The van der Waals surface area contributed by atoms with Gasteiger partial charge in [-0.25, -0.2) is 9.59 Å². The number of carboxylic acids is 2. The van der Waals surface area contributed by atoms with Gasteiger partial charge < -0.3 is 15.5 Å². The molecule has 1 aliphatic carbocycles. The van der Waals surface area contributed by atoms with Gasteiger partial charge in [-0.2, -0.15) is 0 Å². The number of fused-ring (bicyclic) bond motifs is 3. The third kappa shape index (κ3) is 2.48. The molecule has 126 valence electrons. The number of hydrogen-bond donors (Lipinski definition) is 3. The van der Waals surface area contributed by atoms with Crippen molar-refractivity contribution in [1.29, 1.82) is 0 Å². The first-order valence-corrected chi connectivity index (χ1v) is 8.19. The fourth-order valence-corrected chi connectivity index (χ4v) is 4.00. The van der Waals surface area contributed by atoms with Crippen LogP contribution >= 0.6 is 0 Å². The number of benzene rings is 2. The molecule has 0 spiro atoms. The van der Waals surface area contributed by atoms with Gasteiger partial charge in [-0.15, -0.1) is 0 Å². The molecule has 0 radical (unpaired) electrons. The van der Waals surface area contributed by atoms with Crippen LogP contribution in [-0.4, -0.2) is 22.2 Å². The lowest BCUT2D eigenvalue weighted by atomic mass is 9.76. The molecular formula is C20H17NO4. The average Bonchev–Trinajstić information content (AvgIpc) is 3.10. The first-order valence-electron chi connectivity index (χ1n) is 8.19. The predicted molar refractivity (Wildman–Crippen MR) is 93.2 cm³/mol. The Morgan fingerprint density at radius 3 is 2.56 bits per heavy atom. The maximum Gasteiger partial charge on any atom is 0.336 e. The van der Waals surface area contributed by atoms with E-state index in [0.29, 0.717) is 5.56 Å². The van der Waals surface area contributed by atoms with Gasteiger partial charge in [0, 0.05) is 11.6 Å². The second kappa shape index (κ2) is 5.77. The summed E-state index contributed by atoms with van der Waals surface area (Å²) in [6.45, 7) is 0. The van der Waals surface area contributed by atoms with Gasteiger partial charge in [0.25, 0.3) is 0 Å². The Labute approximate surface area is 144 Å². The van der Waals surface area contributed by atoms with Crippen LogP contribution in [0.1, 0.15) is 50.2 Å². The van der Waals surface area contributed by atoms with Gasteiger partial charge in [-0.3, -0.25) is 0 Å². The van der Waals surface area contributed by atoms with Gasteiger partial charge in [-0.05, 0) is 47.7 Å². The molecule has 2 aromatic carbocycles. The van der Waals surface area contributed by atoms with E-state index in [1.165, 1.54) is 0 Å². The fraction of sp³-hybridized carbons (Fsp3) is 0.200. The van der Waals surface area contributed by atoms with Crippen molar-refractivity contribution in [2.75, 3.05) is 5.32 Å². The highest BCUT2D eigenvalue weighted by molar-refractivity contribution is 5.90. The standard InChI is InChI=1S/C20H17NO4/c22-19(23)11-8-9-17-16(10-11)12-6-3-7-13(12)18(21-17)14-4-1-2-5-15(14)20(24)25/h1-6,8-10,12-13,18,21H,7H2,(H,22,23)(H,24,25)/t12-,13-,18-/m1/s1. The molecule has 0 saturated heterocycles. The van der Waals surface area contributed by atoms with Crippen molar-refractivity contribution >= 4 is 17.6 Å². The molecule has 0 amide bonds. The van der Waals surface area contributed by atoms with Gasteiger partial charge in [0.05, 0.1) is 17.2 Å². The van der Waals surface area contributed by atoms with Crippen LogP contribution in [0.2, 0.25) is 0 Å². The molecule has 25 heavy (non-hydrogen) atoms. The molecule has 3 atom stereocenters. The fourth-order valence-electron chi connectivity index (χ4n) is 4.00. The number of carbonyl (C=O) groups is 2. The second-order valence-electron chi connectivity index (χ2n) is 6.48. The third-order valence-electron chi connectivity index (χ3n) is 5.14. The summed E-state index contributed by atoms with van der Waals surface area (Å²) in [5, 5.41) is 22.2. The lowest BCUT2D eigenvalue weighted by Gasteiger charge is -2.38. The second-order valence-corrected chi connectivity index (χ2v) is 6.48. The van der Waals surface area contributed by atoms with Crippen LogP contribution in [0.4, 0.5) is 5.69 Å². The molecule has 1 heterocycles. The molecule has 2 aromatic rings. The molecule has 0 saturated carbocycles. The van der Waals surface area contributed by atoms with Gasteiger partial charge in [0.15, 0.2) is 0 Å². The van der Waals surface area contributed by atoms with Crippen LogP contribution in [0.3, 0.4) is 0 Å². The Balaban J connectivity index is 1.81. The zero-order valence-corrected chi connectivity index (χ0v) is 13.3. The number of allylic oxidation sites excluding steroid dienone is 2. The third-order valence-corrected chi connectivity index (χ3v) is 5.14. The Morgan fingerprint density at radius 2 is 1.80 bits per heavy atom. The van der Waals surface area contributed by atoms with E-state index in [1.807, 2.05) is 12.1 Å². The van der Waals surface area contributed by atoms with Gasteiger partial charge in [0.1, 0.15) is 0 Å². The smallest absolute Gasteiger partial charge is 0.336 e. The molecule has 3 N–H and O–H groups in total.